The number of phenols is 1. The Bertz CT molecular complexity index is 2120. The van der Waals surface area contributed by atoms with Crippen molar-refractivity contribution in [1.82, 2.24) is 20.1 Å². The lowest BCUT2D eigenvalue weighted by Gasteiger charge is -2.43. The molecule has 56 heavy (non-hydrogen) atoms. The van der Waals surface area contributed by atoms with Crippen LogP contribution in [0.3, 0.4) is 0 Å². The summed E-state index contributed by atoms with van der Waals surface area (Å²) in [6.07, 6.45) is 3.42. The predicted octanol–water partition coefficient (Wildman–Crippen LogP) is 4.68. The van der Waals surface area contributed by atoms with Crippen molar-refractivity contribution in [3.8, 4) is 5.75 Å². The molecule has 0 spiro atoms. The Labute approximate surface area is 326 Å². The third-order valence-corrected chi connectivity index (χ3v) is 11.8. The molecule has 3 aromatic carbocycles. The number of phenolic OH excluding ortho intramolecular Hbond substituents is 1. The van der Waals surface area contributed by atoms with Crippen molar-refractivity contribution in [3.05, 3.63) is 111 Å². The first kappa shape index (κ1) is 38.9. The highest BCUT2D eigenvalue weighted by atomic mass is 16.5. The van der Waals surface area contributed by atoms with E-state index in [0.717, 1.165) is 24.0 Å². The first-order valence-electron chi connectivity index (χ1n) is 19.8. The summed E-state index contributed by atoms with van der Waals surface area (Å²) in [5.41, 5.74) is 3.50. The lowest BCUT2D eigenvalue weighted by Crippen LogP contribution is -2.52. The van der Waals surface area contributed by atoms with Gasteiger partial charge in [0.25, 0.3) is 5.91 Å². The molecule has 294 valence electrons. The maximum atomic E-state index is 13.8. The first-order chi connectivity index (χ1) is 27.1. The fourth-order valence-electron chi connectivity index (χ4n) is 8.30. The van der Waals surface area contributed by atoms with E-state index >= 15 is 0 Å². The highest BCUT2D eigenvalue weighted by molar-refractivity contribution is 5.94. The number of aliphatic imine (C=N–C) groups is 1. The van der Waals surface area contributed by atoms with Crippen LogP contribution in [0, 0.1) is 5.92 Å². The topological polar surface area (TPSA) is 165 Å². The average molecular weight is 762 g/mol. The molecular weight excluding hydrogens is 711 g/mol. The second-order valence-corrected chi connectivity index (χ2v) is 15.3. The smallest absolute Gasteiger partial charge is 0.317 e. The fourth-order valence-corrected chi connectivity index (χ4v) is 8.30. The molecule has 4 heterocycles. The minimum atomic E-state index is -0.857. The number of benzene rings is 3. The third-order valence-electron chi connectivity index (χ3n) is 11.8. The number of fused-ring (bicyclic) bond motifs is 3. The summed E-state index contributed by atoms with van der Waals surface area (Å²) in [6, 6.07) is 23.3. The SMILES string of the molecule is CCN(CCCNCC(O)c1ccc(O)c2[nH]c(=O)ccc12)C(=O)c1ccc(CCC(=O)N2CCC(C(=O)OC3CN=C4CC3C4)(c3ccccc3)CC2)cc1. The second-order valence-electron chi connectivity index (χ2n) is 15.3. The van der Waals surface area contributed by atoms with Crippen molar-refractivity contribution < 1.29 is 29.3 Å². The molecule has 0 radical (unpaired) electrons. The number of nitrogens with zero attached hydrogens (tertiary/aromatic N) is 3. The van der Waals surface area contributed by atoms with Gasteiger partial charge in [-0.25, -0.2) is 0 Å². The Hall–Kier alpha value is -5.33. The summed E-state index contributed by atoms with van der Waals surface area (Å²) in [6.45, 7) is 5.37. The van der Waals surface area contributed by atoms with Crippen LogP contribution >= 0.6 is 0 Å². The number of aryl methyl sites for hydroxylation is 1. The first-order valence-corrected chi connectivity index (χ1v) is 19.8. The van der Waals surface area contributed by atoms with Crippen molar-refractivity contribution in [3.63, 3.8) is 0 Å². The molecule has 12 nitrogen and oxygen atoms in total. The van der Waals surface area contributed by atoms with Crippen LogP contribution in [-0.2, 0) is 26.2 Å². The van der Waals surface area contributed by atoms with Crippen LogP contribution in [0.25, 0.3) is 10.9 Å². The number of aromatic hydroxyl groups is 1. The molecule has 1 saturated heterocycles. The Morgan fingerprint density at radius 3 is 2.46 bits per heavy atom. The van der Waals surface area contributed by atoms with Gasteiger partial charge in [0.2, 0.25) is 11.5 Å². The van der Waals surface area contributed by atoms with Crippen LogP contribution in [0.1, 0.15) is 78.6 Å². The summed E-state index contributed by atoms with van der Waals surface area (Å²) in [7, 11) is 0. The van der Waals surface area contributed by atoms with Gasteiger partial charge in [-0.1, -0.05) is 48.5 Å². The number of pyridine rings is 1. The monoisotopic (exact) mass is 761 g/mol. The van der Waals surface area contributed by atoms with Crippen LogP contribution in [-0.4, -0.2) is 100 Å². The summed E-state index contributed by atoms with van der Waals surface area (Å²) in [5.74, 6) is 0.101. The number of amides is 2. The van der Waals surface area contributed by atoms with E-state index < -0.39 is 11.5 Å². The molecule has 2 amide bonds. The highest BCUT2D eigenvalue weighted by Gasteiger charge is 2.47. The number of aliphatic hydroxyl groups is 1. The number of aromatic nitrogens is 1. The van der Waals surface area contributed by atoms with Gasteiger partial charge in [0.05, 0.1) is 23.6 Å². The molecule has 4 aliphatic rings. The van der Waals surface area contributed by atoms with Crippen molar-refractivity contribution >= 4 is 34.4 Å². The molecular formula is C44H51N5O7. The molecule has 4 aromatic rings. The van der Waals surface area contributed by atoms with Crippen molar-refractivity contribution in [2.75, 3.05) is 45.8 Å². The van der Waals surface area contributed by atoms with E-state index in [1.165, 1.54) is 17.8 Å². The predicted molar refractivity (Wildman–Crippen MR) is 214 cm³/mol. The zero-order valence-corrected chi connectivity index (χ0v) is 31.9. The zero-order valence-electron chi connectivity index (χ0n) is 31.9. The number of aliphatic hydroxyl groups excluding tert-OH is 1. The maximum absolute atomic E-state index is 13.8. The zero-order chi connectivity index (χ0) is 39.2. The molecule has 2 unspecified atom stereocenters. The number of H-pyrrole nitrogens is 1. The highest BCUT2D eigenvalue weighted by Crippen LogP contribution is 2.40. The van der Waals surface area contributed by atoms with E-state index in [1.807, 2.05) is 66.4 Å². The van der Waals surface area contributed by atoms with Gasteiger partial charge < -0.3 is 35.1 Å². The Kier molecular flexibility index (Phi) is 12.0. The van der Waals surface area contributed by atoms with Gasteiger partial charge in [-0.05, 0) is 92.9 Å². The van der Waals surface area contributed by atoms with Crippen LogP contribution in [0.4, 0.5) is 0 Å². The molecule has 1 aliphatic carbocycles. The number of hydrogen-bond acceptors (Lipinski definition) is 9. The molecule has 2 fully saturated rings. The number of carbonyl (C=O) groups is 3. The summed E-state index contributed by atoms with van der Waals surface area (Å²) in [5, 5.41) is 24.8. The number of piperidine rings is 1. The Morgan fingerprint density at radius 2 is 1.77 bits per heavy atom. The Balaban J connectivity index is 0.855. The van der Waals surface area contributed by atoms with Gasteiger partial charge in [-0.3, -0.25) is 24.2 Å². The molecule has 8 rings (SSSR count). The standard InChI is InChI=1S/C44H51N5O7/c1-2-48(22-6-21-45-27-37(51)34-14-16-36(50)41-35(34)15-17-39(52)47-41)42(54)30-12-9-29(10-13-30)11-18-40(53)49-23-19-44(20-24-49,32-7-4-3-5-8-32)43(55)56-38-28-46-33-25-31(38)26-33/h3-5,7-10,12-17,31,37-38,45,50-51H,2,6,11,18-28H2,1H3,(H,47,52). The normalized spacial score (nSPS) is 19.1. The largest absolute Gasteiger partial charge is 0.506 e. The lowest BCUT2D eigenvalue weighted by atomic mass is 9.72. The van der Waals surface area contributed by atoms with Gasteiger partial charge >= 0.3 is 5.97 Å². The molecule has 2 bridgehead atoms. The summed E-state index contributed by atoms with van der Waals surface area (Å²) < 4.78 is 6.15. The van der Waals surface area contributed by atoms with Gasteiger partial charge in [-0.2, -0.15) is 0 Å². The van der Waals surface area contributed by atoms with Gasteiger partial charge in [0.15, 0.2) is 0 Å². The van der Waals surface area contributed by atoms with E-state index in [0.29, 0.717) is 99.3 Å². The van der Waals surface area contributed by atoms with Gasteiger partial charge in [-0.15, -0.1) is 0 Å². The number of likely N-dealkylation sites (tertiary alicyclic amines) is 1. The molecule has 3 aliphatic heterocycles. The van der Waals surface area contributed by atoms with E-state index in [2.05, 4.69) is 15.3 Å². The minimum absolute atomic E-state index is 0.0508. The number of hydrogen-bond donors (Lipinski definition) is 4. The van der Waals surface area contributed by atoms with E-state index in [1.54, 1.807) is 17.0 Å². The number of carbonyl (C=O) groups excluding carboxylic acids is 3. The molecule has 12 heteroatoms. The Morgan fingerprint density at radius 1 is 1.02 bits per heavy atom. The second kappa shape index (κ2) is 17.2. The maximum Gasteiger partial charge on any atom is 0.317 e. The van der Waals surface area contributed by atoms with E-state index in [9.17, 15) is 29.4 Å². The molecule has 1 saturated carbocycles. The van der Waals surface area contributed by atoms with Crippen molar-refractivity contribution in [1.29, 1.82) is 0 Å². The van der Waals surface area contributed by atoms with Crippen LogP contribution in [0.2, 0.25) is 0 Å². The third kappa shape index (κ3) is 8.41. The number of esters is 1. The summed E-state index contributed by atoms with van der Waals surface area (Å²) in [4.78, 5) is 63.1. The number of rotatable bonds is 15. The van der Waals surface area contributed by atoms with Crippen LogP contribution < -0.4 is 10.9 Å². The molecule has 4 N–H and O–H groups in total. The van der Waals surface area contributed by atoms with E-state index in [4.69, 9.17) is 4.74 Å². The molecule has 1 aromatic heterocycles. The van der Waals surface area contributed by atoms with Crippen LogP contribution in [0.5, 0.6) is 5.75 Å². The quantitative estimate of drug-likeness (QED) is 0.100. The minimum Gasteiger partial charge on any atom is -0.506 e. The lowest BCUT2D eigenvalue weighted by molar-refractivity contribution is -0.162. The average Bonchev–Trinajstić information content (AvgIpc) is 3.21. The van der Waals surface area contributed by atoms with Gasteiger partial charge in [0, 0.05) is 67.8 Å². The number of aromatic amines is 1. The van der Waals surface area contributed by atoms with Crippen molar-refractivity contribution in [2.45, 2.75) is 69.5 Å². The summed E-state index contributed by atoms with van der Waals surface area (Å²) >= 11 is 0. The number of ether oxygens (including phenoxy) is 1. The number of nitrogens with one attached hydrogen (secondary N) is 2. The van der Waals surface area contributed by atoms with Crippen LogP contribution in [0.15, 0.2) is 88.6 Å². The van der Waals surface area contributed by atoms with Gasteiger partial charge in [0.1, 0.15) is 11.9 Å². The van der Waals surface area contributed by atoms with E-state index in [-0.39, 0.29) is 41.7 Å². The fraction of sp³-hybridized carbons (Fsp3) is 0.432. The van der Waals surface area contributed by atoms with Crippen molar-refractivity contribution in [2.24, 2.45) is 10.9 Å². The molecule has 2 atom stereocenters.